The van der Waals surface area contributed by atoms with Gasteiger partial charge >= 0.3 is 0 Å². The molecule has 2 aromatic rings. The first-order chi connectivity index (χ1) is 12.3. The van der Waals surface area contributed by atoms with Crippen molar-refractivity contribution < 1.29 is 9.53 Å². The van der Waals surface area contributed by atoms with Crippen molar-refractivity contribution >= 4 is 11.6 Å². The minimum atomic E-state index is -0.0490. The normalized spacial score (nSPS) is 16.6. The fourth-order valence-electron chi connectivity index (χ4n) is 2.99. The van der Waals surface area contributed by atoms with Crippen molar-refractivity contribution in [1.82, 2.24) is 9.88 Å². The number of carbonyl (C=O) groups excluding carboxylic acids is 1. The molecule has 5 heteroatoms. The summed E-state index contributed by atoms with van der Waals surface area (Å²) in [6.45, 7) is 4.82. The standard InChI is InChI=1S/C20H25N3O2/c1-2-23(15-16-7-4-3-5-8-16)20(24)19-13-17(10-11-21-19)22-14-18-9-6-12-25-18/h3-5,7-8,10-11,13,18H,2,6,9,12,14-15H2,1H3,(H,21,22). The fraction of sp³-hybridized carbons (Fsp3) is 0.400. The fourth-order valence-corrected chi connectivity index (χ4v) is 2.99. The SMILES string of the molecule is CCN(Cc1ccccc1)C(=O)c1cc(NCC2CCCO2)ccn1. The maximum atomic E-state index is 12.8. The minimum absolute atomic E-state index is 0.0490. The van der Waals surface area contributed by atoms with Gasteiger partial charge in [-0.25, -0.2) is 0 Å². The summed E-state index contributed by atoms with van der Waals surface area (Å²) in [6.07, 6.45) is 4.15. The van der Waals surface area contributed by atoms with Crippen LogP contribution in [-0.4, -0.2) is 41.6 Å². The van der Waals surface area contributed by atoms with E-state index in [0.717, 1.165) is 37.2 Å². The molecule has 0 spiro atoms. The summed E-state index contributed by atoms with van der Waals surface area (Å²) in [5, 5.41) is 3.35. The lowest BCUT2D eigenvalue weighted by Gasteiger charge is -2.21. The van der Waals surface area contributed by atoms with Gasteiger partial charge in [-0.3, -0.25) is 9.78 Å². The van der Waals surface area contributed by atoms with E-state index in [0.29, 0.717) is 18.8 Å². The third-order valence-electron chi connectivity index (χ3n) is 4.42. The number of nitrogens with one attached hydrogen (secondary N) is 1. The molecule has 0 aliphatic carbocycles. The molecule has 1 aliphatic rings. The van der Waals surface area contributed by atoms with E-state index in [9.17, 15) is 4.79 Å². The largest absolute Gasteiger partial charge is 0.382 e. The van der Waals surface area contributed by atoms with Gasteiger partial charge in [-0.15, -0.1) is 0 Å². The van der Waals surface area contributed by atoms with Gasteiger partial charge in [0, 0.05) is 38.1 Å². The van der Waals surface area contributed by atoms with E-state index in [4.69, 9.17) is 4.74 Å². The van der Waals surface area contributed by atoms with Crippen molar-refractivity contribution in [1.29, 1.82) is 0 Å². The van der Waals surface area contributed by atoms with E-state index in [2.05, 4.69) is 10.3 Å². The number of anilines is 1. The maximum absolute atomic E-state index is 12.8. The van der Waals surface area contributed by atoms with E-state index < -0.39 is 0 Å². The molecule has 1 amide bonds. The van der Waals surface area contributed by atoms with Crippen molar-refractivity contribution in [3.05, 3.63) is 59.9 Å². The average molecular weight is 339 g/mol. The van der Waals surface area contributed by atoms with E-state index in [1.165, 1.54) is 0 Å². The Labute approximate surface area is 149 Å². The van der Waals surface area contributed by atoms with Gasteiger partial charge in [0.1, 0.15) is 5.69 Å². The van der Waals surface area contributed by atoms with Crippen LogP contribution < -0.4 is 5.32 Å². The van der Waals surface area contributed by atoms with Gasteiger partial charge in [0.15, 0.2) is 0 Å². The molecule has 1 aromatic heterocycles. The topological polar surface area (TPSA) is 54.5 Å². The molecule has 2 heterocycles. The number of ether oxygens (including phenoxy) is 1. The summed E-state index contributed by atoms with van der Waals surface area (Å²) in [4.78, 5) is 18.9. The first-order valence-electron chi connectivity index (χ1n) is 8.91. The third kappa shape index (κ3) is 4.79. The van der Waals surface area contributed by atoms with Crippen molar-refractivity contribution in [3.63, 3.8) is 0 Å². The van der Waals surface area contributed by atoms with Gasteiger partial charge in [-0.1, -0.05) is 30.3 Å². The molecule has 25 heavy (non-hydrogen) atoms. The highest BCUT2D eigenvalue weighted by Crippen LogP contribution is 2.15. The third-order valence-corrected chi connectivity index (χ3v) is 4.42. The zero-order valence-corrected chi connectivity index (χ0v) is 14.6. The van der Waals surface area contributed by atoms with Gasteiger partial charge in [-0.05, 0) is 37.5 Å². The van der Waals surface area contributed by atoms with Crippen LogP contribution in [0, 0.1) is 0 Å². The molecule has 1 aliphatic heterocycles. The van der Waals surface area contributed by atoms with Crippen molar-refractivity contribution in [2.45, 2.75) is 32.4 Å². The molecule has 1 atom stereocenters. The second kappa shape index (κ2) is 8.62. The number of pyridine rings is 1. The lowest BCUT2D eigenvalue weighted by molar-refractivity contribution is 0.0746. The highest BCUT2D eigenvalue weighted by Gasteiger charge is 2.18. The summed E-state index contributed by atoms with van der Waals surface area (Å²) < 4.78 is 5.62. The highest BCUT2D eigenvalue weighted by atomic mass is 16.5. The molecule has 1 unspecified atom stereocenters. The van der Waals surface area contributed by atoms with Gasteiger partial charge in [0.05, 0.1) is 6.10 Å². The number of hydrogen-bond donors (Lipinski definition) is 1. The van der Waals surface area contributed by atoms with E-state index >= 15 is 0 Å². The number of benzene rings is 1. The van der Waals surface area contributed by atoms with Crippen LogP contribution in [0.25, 0.3) is 0 Å². The summed E-state index contributed by atoms with van der Waals surface area (Å²) in [7, 11) is 0. The van der Waals surface area contributed by atoms with Crippen LogP contribution in [0.3, 0.4) is 0 Å². The first kappa shape index (κ1) is 17.4. The van der Waals surface area contributed by atoms with E-state index in [1.807, 2.05) is 54.3 Å². The van der Waals surface area contributed by atoms with Gasteiger partial charge in [0.2, 0.25) is 0 Å². The molecule has 132 valence electrons. The van der Waals surface area contributed by atoms with Crippen LogP contribution in [0.5, 0.6) is 0 Å². The van der Waals surface area contributed by atoms with Gasteiger partial charge in [-0.2, -0.15) is 0 Å². The molecule has 1 fully saturated rings. The Kier molecular flexibility index (Phi) is 6.01. The molecule has 3 rings (SSSR count). The molecule has 5 nitrogen and oxygen atoms in total. The Morgan fingerprint density at radius 1 is 1.32 bits per heavy atom. The number of aromatic nitrogens is 1. The zero-order chi connectivity index (χ0) is 17.5. The summed E-state index contributed by atoms with van der Waals surface area (Å²) in [5.41, 5.74) is 2.49. The van der Waals surface area contributed by atoms with Gasteiger partial charge in [0.25, 0.3) is 5.91 Å². The summed E-state index contributed by atoms with van der Waals surface area (Å²) in [5.74, 6) is -0.0490. The smallest absolute Gasteiger partial charge is 0.272 e. The first-order valence-corrected chi connectivity index (χ1v) is 8.91. The molecule has 1 aromatic carbocycles. The quantitative estimate of drug-likeness (QED) is 0.841. The van der Waals surface area contributed by atoms with Crippen LogP contribution in [0.2, 0.25) is 0 Å². The highest BCUT2D eigenvalue weighted by molar-refractivity contribution is 5.93. The Bertz CT molecular complexity index is 684. The van der Waals surface area contributed by atoms with Crippen molar-refractivity contribution in [2.75, 3.05) is 25.0 Å². The van der Waals surface area contributed by atoms with Crippen LogP contribution in [-0.2, 0) is 11.3 Å². The predicted octanol–water partition coefficient (Wildman–Crippen LogP) is 3.33. The second-order valence-corrected chi connectivity index (χ2v) is 6.25. The monoisotopic (exact) mass is 339 g/mol. The predicted molar refractivity (Wildman–Crippen MR) is 98.6 cm³/mol. The summed E-state index contributed by atoms with van der Waals surface area (Å²) >= 11 is 0. The molecule has 1 saturated heterocycles. The average Bonchev–Trinajstić information content (AvgIpc) is 3.18. The summed E-state index contributed by atoms with van der Waals surface area (Å²) in [6, 6.07) is 13.7. The lowest BCUT2D eigenvalue weighted by Crippen LogP contribution is -2.31. The molecular weight excluding hydrogens is 314 g/mol. The number of amides is 1. The van der Waals surface area contributed by atoms with E-state index in [1.54, 1.807) is 6.20 Å². The number of hydrogen-bond acceptors (Lipinski definition) is 4. The van der Waals surface area contributed by atoms with Gasteiger partial charge < -0.3 is 15.0 Å². The van der Waals surface area contributed by atoms with E-state index in [-0.39, 0.29) is 12.0 Å². The van der Waals surface area contributed by atoms with Crippen LogP contribution >= 0.6 is 0 Å². The Morgan fingerprint density at radius 3 is 2.88 bits per heavy atom. The lowest BCUT2D eigenvalue weighted by atomic mass is 10.2. The molecule has 1 N–H and O–H groups in total. The Balaban J connectivity index is 1.64. The molecule has 0 bridgehead atoms. The van der Waals surface area contributed by atoms with Crippen LogP contribution in [0.1, 0.15) is 35.8 Å². The van der Waals surface area contributed by atoms with Crippen LogP contribution in [0.15, 0.2) is 48.7 Å². The van der Waals surface area contributed by atoms with Crippen molar-refractivity contribution in [2.24, 2.45) is 0 Å². The Hall–Kier alpha value is -2.40. The number of nitrogens with zero attached hydrogens (tertiary/aromatic N) is 2. The van der Waals surface area contributed by atoms with Crippen LogP contribution in [0.4, 0.5) is 5.69 Å². The van der Waals surface area contributed by atoms with Crippen molar-refractivity contribution in [3.8, 4) is 0 Å². The maximum Gasteiger partial charge on any atom is 0.272 e. The second-order valence-electron chi connectivity index (χ2n) is 6.25. The zero-order valence-electron chi connectivity index (χ0n) is 14.6. The molecular formula is C20H25N3O2. The number of rotatable bonds is 7. The minimum Gasteiger partial charge on any atom is -0.382 e. The number of carbonyl (C=O) groups is 1. The Morgan fingerprint density at radius 2 is 2.16 bits per heavy atom. The molecule has 0 radical (unpaired) electrons. The molecule has 0 saturated carbocycles.